The van der Waals surface area contributed by atoms with E-state index < -0.39 is 4.92 Å². The van der Waals surface area contributed by atoms with Crippen LogP contribution in [0.3, 0.4) is 0 Å². The van der Waals surface area contributed by atoms with Crippen LogP contribution in [-0.2, 0) is 0 Å². The number of H-pyrrole nitrogens is 1. The molecular formula is C19H13N3O3. The van der Waals surface area contributed by atoms with E-state index in [4.69, 9.17) is 0 Å². The molecule has 1 amide bonds. The Bertz CT molecular complexity index is 1130. The number of nitrogens with zero attached hydrogens (tertiary/aromatic N) is 1. The molecule has 0 unspecified atom stereocenters. The molecule has 6 nitrogen and oxygen atoms in total. The number of para-hydroxylation sites is 1. The zero-order valence-electron chi connectivity index (χ0n) is 13.0. The second-order valence-corrected chi connectivity index (χ2v) is 5.69. The Balaban J connectivity index is 1.68. The largest absolute Gasteiger partial charge is 0.355 e. The molecule has 4 rings (SSSR count). The van der Waals surface area contributed by atoms with Gasteiger partial charge in [0, 0.05) is 45.2 Å². The summed E-state index contributed by atoms with van der Waals surface area (Å²) in [5.41, 5.74) is 2.77. The minimum Gasteiger partial charge on any atom is -0.355 e. The number of anilines is 1. The first-order chi connectivity index (χ1) is 12.1. The van der Waals surface area contributed by atoms with E-state index in [9.17, 15) is 14.9 Å². The molecule has 4 aromatic rings. The molecule has 1 heterocycles. The Hall–Kier alpha value is -3.67. The molecule has 25 heavy (non-hydrogen) atoms. The van der Waals surface area contributed by atoms with Crippen molar-refractivity contribution in [3.8, 4) is 0 Å². The molecule has 0 aliphatic heterocycles. The number of non-ortho nitro benzene ring substituents is 1. The van der Waals surface area contributed by atoms with Gasteiger partial charge in [-0.25, -0.2) is 0 Å². The van der Waals surface area contributed by atoms with Gasteiger partial charge in [0.15, 0.2) is 0 Å². The predicted molar refractivity (Wildman–Crippen MR) is 96.9 cm³/mol. The first-order valence-electron chi connectivity index (χ1n) is 7.68. The molecule has 0 bridgehead atoms. The van der Waals surface area contributed by atoms with Gasteiger partial charge in [0.05, 0.1) is 4.92 Å². The van der Waals surface area contributed by atoms with Crippen molar-refractivity contribution in [3.63, 3.8) is 0 Å². The third kappa shape index (κ3) is 2.70. The lowest BCUT2D eigenvalue weighted by molar-refractivity contribution is -0.384. The number of fused-ring (bicyclic) bond motifs is 3. The second kappa shape index (κ2) is 5.76. The maximum Gasteiger partial charge on any atom is 0.270 e. The maximum absolute atomic E-state index is 12.4. The summed E-state index contributed by atoms with van der Waals surface area (Å²) in [6.07, 6.45) is 0. The molecule has 0 saturated carbocycles. The Morgan fingerprint density at radius 1 is 0.920 bits per heavy atom. The van der Waals surface area contributed by atoms with Crippen LogP contribution in [0.4, 0.5) is 11.4 Å². The van der Waals surface area contributed by atoms with Gasteiger partial charge in [0.1, 0.15) is 0 Å². The minimum absolute atomic E-state index is 0.111. The number of rotatable bonds is 3. The van der Waals surface area contributed by atoms with Gasteiger partial charge in [-0.2, -0.15) is 0 Å². The summed E-state index contributed by atoms with van der Waals surface area (Å²) >= 11 is 0. The summed E-state index contributed by atoms with van der Waals surface area (Å²) in [5.74, 6) is -0.386. The van der Waals surface area contributed by atoms with E-state index in [0.29, 0.717) is 5.69 Å². The summed E-state index contributed by atoms with van der Waals surface area (Å²) < 4.78 is 0. The number of nitro groups is 1. The van der Waals surface area contributed by atoms with Crippen molar-refractivity contribution in [3.05, 3.63) is 82.4 Å². The monoisotopic (exact) mass is 331 g/mol. The lowest BCUT2D eigenvalue weighted by Crippen LogP contribution is -2.11. The molecule has 6 heteroatoms. The van der Waals surface area contributed by atoms with E-state index in [-0.39, 0.29) is 17.2 Å². The van der Waals surface area contributed by atoms with Gasteiger partial charge in [0.2, 0.25) is 0 Å². The fourth-order valence-corrected chi connectivity index (χ4v) is 2.89. The number of amides is 1. The summed E-state index contributed by atoms with van der Waals surface area (Å²) in [6.45, 7) is 0. The predicted octanol–water partition coefficient (Wildman–Crippen LogP) is 4.48. The van der Waals surface area contributed by atoms with Gasteiger partial charge in [-0.15, -0.1) is 0 Å². The Labute approximate surface area is 142 Å². The van der Waals surface area contributed by atoms with Crippen LogP contribution in [0, 0.1) is 10.1 Å². The minimum atomic E-state index is -0.519. The number of hydrogen-bond acceptors (Lipinski definition) is 3. The summed E-state index contributed by atoms with van der Waals surface area (Å²) in [7, 11) is 0. The highest BCUT2D eigenvalue weighted by Crippen LogP contribution is 2.28. The van der Waals surface area contributed by atoms with Crippen molar-refractivity contribution in [1.29, 1.82) is 0 Å². The van der Waals surface area contributed by atoms with Gasteiger partial charge in [0.25, 0.3) is 11.6 Å². The van der Waals surface area contributed by atoms with E-state index in [0.717, 1.165) is 21.8 Å². The van der Waals surface area contributed by atoms with Gasteiger partial charge < -0.3 is 10.3 Å². The number of benzene rings is 3. The van der Waals surface area contributed by atoms with Gasteiger partial charge >= 0.3 is 0 Å². The van der Waals surface area contributed by atoms with E-state index in [1.165, 1.54) is 18.2 Å². The van der Waals surface area contributed by atoms with Crippen molar-refractivity contribution in [2.24, 2.45) is 0 Å². The van der Waals surface area contributed by atoms with Crippen molar-refractivity contribution in [1.82, 2.24) is 4.98 Å². The van der Waals surface area contributed by atoms with Crippen LogP contribution in [0.15, 0.2) is 66.7 Å². The quantitative estimate of drug-likeness (QED) is 0.428. The van der Waals surface area contributed by atoms with Gasteiger partial charge in [-0.1, -0.05) is 24.3 Å². The fraction of sp³-hybridized carbons (Fsp3) is 0. The van der Waals surface area contributed by atoms with Crippen LogP contribution in [-0.4, -0.2) is 15.8 Å². The number of aromatic nitrogens is 1. The van der Waals surface area contributed by atoms with Crippen LogP contribution in [0.2, 0.25) is 0 Å². The highest BCUT2D eigenvalue weighted by atomic mass is 16.6. The molecule has 2 N–H and O–H groups in total. The number of nitro benzene ring substituents is 1. The summed E-state index contributed by atoms with van der Waals surface area (Å²) in [4.78, 5) is 26.0. The summed E-state index contributed by atoms with van der Waals surface area (Å²) in [5, 5.41) is 15.7. The van der Waals surface area contributed by atoms with Gasteiger partial charge in [-0.05, 0) is 30.3 Å². The standard InChI is InChI=1S/C19H13N3O3/c23-19(12-4-3-5-14(10-12)22(24)25)20-13-8-9-18-16(11-13)15-6-1-2-7-17(15)21-18/h1-11,21H,(H,20,23). The second-order valence-electron chi connectivity index (χ2n) is 5.69. The van der Waals surface area contributed by atoms with E-state index in [1.807, 2.05) is 36.4 Å². The number of aromatic amines is 1. The average molecular weight is 331 g/mol. The number of nitrogens with one attached hydrogen (secondary N) is 2. The maximum atomic E-state index is 12.4. The average Bonchev–Trinajstić information content (AvgIpc) is 3.00. The molecule has 0 aliphatic rings. The molecule has 0 atom stereocenters. The van der Waals surface area contributed by atoms with E-state index in [2.05, 4.69) is 10.3 Å². The van der Waals surface area contributed by atoms with Gasteiger partial charge in [-0.3, -0.25) is 14.9 Å². The highest BCUT2D eigenvalue weighted by molar-refractivity contribution is 6.10. The topological polar surface area (TPSA) is 88.0 Å². The first kappa shape index (κ1) is 14.9. The van der Waals surface area contributed by atoms with Crippen LogP contribution < -0.4 is 5.32 Å². The SMILES string of the molecule is O=C(Nc1ccc2[nH]c3ccccc3c2c1)c1cccc([N+](=O)[O-])c1. The number of carbonyl (C=O) groups is 1. The van der Waals surface area contributed by atoms with Crippen LogP contribution >= 0.6 is 0 Å². The molecule has 122 valence electrons. The van der Waals surface area contributed by atoms with Crippen molar-refractivity contribution in [2.45, 2.75) is 0 Å². The molecule has 0 radical (unpaired) electrons. The third-order valence-corrected chi connectivity index (χ3v) is 4.08. The van der Waals surface area contributed by atoms with Crippen molar-refractivity contribution in [2.75, 3.05) is 5.32 Å². The molecular weight excluding hydrogens is 318 g/mol. The molecule has 0 spiro atoms. The van der Waals surface area contributed by atoms with Crippen LogP contribution in [0.5, 0.6) is 0 Å². The molecule has 0 fully saturated rings. The fourth-order valence-electron chi connectivity index (χ4n) is 2.89. The molecule has 1 aromatic heterocycles. The molecule has 0 aliphatic carbocycles. The molecule has 0 saturated heterocycles. The first-order valence-corrected chi connectivity index (χ1v) is 7.68. The molecule has 3 aromatic carbocycles. The van der Waals surface area contributed by atoms with Crippen molar-refractivity contribution >= 4 is 39.1 Å². The third-order valence-electron chi connectivity index (χ3n) is 4.08. The van der Waals surface area contributed by atoms with E-state index in [1.54, 1.807) is 12.1 Å². The smallest absolute Gasteiger partial charge is 0.270 e. The normalized spacial score (nSPS) is 10.9. The lowest BCUT2D eigenvalue weighted by atomic mass is 10.1. The zero-order chi connectivity index (χ0) is 17.4. The Morgan fingerprint density at radius 3 is 2.56 bits per heavy atom. The van der Waals surface area contributed by atoms with E-state index >= 15 is 0 Å². The number of hydrogen-bond donors (Lipinski definition) is 2. The number of carbonyl (C=O) groups excluding carboxylic acids is 1. The highest BCUT2D eigenvalue weighted by Gasteiger charge is 2.12. The Morgan fingerprint density at radius 2 is 1.72 bits per heavy atom. The Kier molecular flexibility index (Phi) is 3.43. The summed E-state index contributed by atoms with van der Waals surface area (Å²) in [6, 6.07) is 19.2. The lowest BCUT2D eigenvalue weighted by Gasteiger charge is -2.05. The van der Waals surface area contributed by atoms with Crippen LogP contribution in [0.1, 0.15) is 10.4 Å². The van der Waals surface area contributed by atoms with Crippen molar-refractivity contribution < 1.29 is 9.72 Å². The van der Waals surface area contributed by atoms with Crippen LogP contribution in [0.25, 0.3) is 21.8 Å². The zero-order valence-corrected chi connectivity index (χ0v) is 13.0.